The van der Waals surface area contributed by atoms with Gasteiger partial charge in [-0.05, 0) is 55.0 Å². The van der Waals surface area contributed by atoms with Crippen LogP contribution < -0.4 is 14.8 Å². The van der Waals surface area contributed by atoms with E-state index in [9.17, 15) is 23.2 Å². The summed E-state index contributed by atoms with van der Waals surface area (Å²) in [5, 5.41) is 2.52. The number of amides is 1. The third-order valence-corrected chi connectivity index (χ3v) is 3.84. The Morgan fingerprint density at radius 1 is 1.03 bits per heavy atom. The van der Waals surface area contributed by atoms with Crippen molar-refractivity contribution in [3.63, 3.8) is 0 Å². The minimum atomic E-state index is -3.00. The Kier molecular flexibility index (Phi) is 9.15. The quantitative estimate of drug-likeness (QED) is 0.436. The highest BCUT2D eigenvalue weighted by Crippen LogP contribution is 2.29. The fraction of sp³-hybridized carbons (Fsp3) is 0.227. The molecular formula is C22H21F2NO7. The van der Waals surface area contributed by atoms with Crippen molar-refractivity contribution in [2.45, 2.75) is 13.5 Å². The van der Waals surface area contributed by atoms with E-state index in [-0.39, 0.29) is 18.1 Å². The molecule has 0 fully saturated rings. The van der Waals surface area contributed by atoms with Gasteiger partial charge in [-0.3, -0.25) is 4.79 Å². The molecule has 0 heterocycles. The predicted octanol–water partition coefficient (Wildman–Crippen LogP) is 3.67. The molecule has 1 N–H and O–H groups in total. The molecule has 10 heteroatoms. The van der Waals surface area contributed by atoms with Crippen LogP contribution >= 0.6 is 0 Å². The van der Waals surface area contributed by atoms with Crippen LogP contribution in [0.2, 0.25) is 0 Å². The maximum atomic E-state index is 12.4. The maximum absolute atomic E-state index is 12.4. The molecule has 0 bridgehead atoms. The largest absolute Gasteiger partial charge is 0.493 e. The molecule has 0 radical (unpaired) electrons. The molecule has 1 amide bonds. The molecule has 8 nitrogen and oxygen atoms in total. The van der Waals surface area contributed by atoms with Gasteiger partial charge in [0, 0.05) is 11.8 Å². The first-order valence-electron chi connectivity index (χ1n) is 9.37. The van der Waals surface area contributed by atoms with E-state index in [2.05, 4.69) is 10.1 Å². The van der Waals surface area contributed by atoms with Crippen molar-refractivity contribution in [1.82, 2.24) is 0 Å². The number of carbonyl (C=O) groups is 3. The molecule has 0 spiro atoms. The second-order valence-electron chi connectivity index (χ2n) is 6.08. The van der Waals surface area contributed by atoms with Gasteiger partial charge in [-0.25, -0.2) is 9.59 Å². The average Bonchev–Trinajstić information content (AvgIpc) is 2.77. The van der Waals surface area contributed by atoms with Crippen molar-refractivity contribution in [3.05, 3.63) is 59.7 Å². The van der Waals surface area contributed by atoms with Crippen LogP contribution in [0.25, 0.3) is 6.08 Å². The lowest BCUT2D eigenvalue weighted by molar-refractivity contribution is -0.142. The fourth-order valence-electron chi connectivity index (χ4n) is 2.43. The van der Waals surface area contributed by atoms with E-state index in [1.165, 1.54) is 55.7 Å². The Hall–Kier alpha value is -3.95. The number of nitrogens with one attached hydrogen (secondary N) is 1. The van der Waals surface area contributed by atoms with Crippen molar-refractivity contribution in [3.8, 4) is 11.5 Å². The smallest absolute Gasteiger partial charge is 0.387 e. The second kappa shape index (κ2) is 12.0. The molecule has 2 aromatic rings. The summed E-state index contributed by atoms with van der Waals surface area (Å²) in [5.41, 5.74) is 1.21. The molecule has 0 aliphatic rings. The average molecular weight is 449 g/mol. The second-order valence-corrected chi connectivity index (χ2v) is 6.08. The van der Waals surface area contributed by atoms with Crippen molar-refractivity contribution in [2.24, 2.45) is 0 Å². The number of anilines is 1. The number of alkyl halides is 2. The molecule has 0 saturated heterocycles. The van der Waals surface area contributed by atoms with Crippen molar-refractivity contribution in [1.29, 1.82) is 0 Å². The summed E-state index contributed by atoms with van der Waals surface area (Å²) in [6.45, 7) is -1.58. The lowest BCUT2D eigenvalue weighted by Gasteiger charge is -2.10. The molecule has 2 aromatic carbocycles. The van der Waals surface area contributed by atoms with Crippen LogP contribution in [0, 0.1) is 0 Å². The highest BCUT2D eigenvalue weighted by molar-refractivity contribution is 5.95. The van der Waals surface area contributed by atoms with Gasteiger partial charge in [0.05, 0.1) is 19.3 Å². The summed E-state index contributed by atoms with van der Waals surface area (Å²) < 4.78 is 43.7. The van der Waals surface area contributed by atoms with E-state index in [1.807, 2.05) is 0 Å². The Balaban J connectivity index is 1.85. The summed E-state index contributed by atoms with van der Waals surface area (Å²) in [7, 11) is 1.29. The normalized spacial score (nSPS) is 10.7. The van der Waals surface area contributed by atoms with Crippen LogP contribution in [0.1, 0.15) is 22.8 Å². The first-order valence-corrected chi connectivity index (χ1v) is 9.37. The summed E-state index contributed by atoms with van der Waals surface area (Å²) in [4.78, 5) is 35.3. The molecule has 0 atom stereocenters. The Morgan fingerprint density at radius 3 is 2.38 bits per heavy atom. The van der Waals surface area contributed by atoms with Gasteiger partial charge >= 0.3 is 18.6 Å². The number of methoxy groups -OCH3 is 1. The van der Waals surface area contributed by atoms with Gasteiger partial charge in [0.15, 0.2) is 18.1 Å². The number of halogens is 2. The lowest BCUT2D eigenvalue weighted by atomic mass is 10.2. The van der Waals surface area contributed by atoms with Gasteiger partial charge in [0.2, 0.25) is 0 Å². The van der Waals surface area contributed by atoms with Crippen LogP contribution in [0.15, 0.2) is 48.5 Å². The maximum Gasteiger partial charge on any atom is 0.387 e. The summed E-state index contributed by atoms with van der Waals surface area (Å²) >= 11 is 0. The molecule has 32 heavy (non-hydrogen) atoms. The number of benzene rings is 2. The number of hydrogen-bond acceptors (Lipinski definition) is 7. The zero-order valence-electron chi connectivity index (χ0n) is 17.3. The summed E-state index contributed by atoms with van der Waals surface area (Å²) in [5.74, 6) is -1.92. The Morgan fingerprint density at radius 2 is 1.75 bits per heavy atom. The fourth-order valence-corrected chi connectivity index (χ4v) is 2.43. The molecule has 170 valence electrons. The number of esters is 2. The van der Waals surface area contributed by atoms with Crippen LogP contribution in [-0.2, 0) is 19.1 Å². The molecule has 2 rings (SSSR count). The Labute approximate surface area is 182 Å². The number of rotatable bonds is 10. The van der Waals surface area contributed by atoms with Crippen LogP contribution in [0.4, 0.5) is 14.5 Å². The predicted molar refractivity (Wildman–Crippen MR) is 111 cm³/mol. The van der Waals surface area contributed by atoms with Gasteiger partial charge < -0.3 is 24.3 Å². The highest BCUT2D eigenvalue weighted by atomic mass is 19.3. The van der Waals surface area contributed by atoms with E-state index >= 15 is 0 Å². The molecule has 0 unspecified atom stereocenters. The summed E-state index contributed by atoms with van der Waals surface area (Å²) in [6, 6.07) is 10.1. The lowest BCUT2D eigenvalue weighted by Crippen LogP contribution is -2.20. The van der Waals surface area contributed by atoms with Crippen LogP contribution in [-0.4, -0.2) is 44.8 Å². The molecule has 0 aromatic heterocycles. The summed E-state index contributed by atoms with van der Waals surface area (Å²) in [6.07, 6.45) is 2.44. The number of carbonyl (C=O) groups excluding carboxylic acids is 3. The van der Waals surface area contributed by atoms with E-state index < -0.39 is 31.1 Å². The standard InChI is InChI=1S/C22H21F2NO7/c1-3-30-21(28)15-6-8-16(9-7-15)25-19(26)13-31-20(27)11-5-14-4-10-17(32-22(23)24)18(12-14)29-2/h4-12,22H,3,13H2,1-2H3,(H,25,26)/b11-5+. The first-order chi connectivity index (χ1) is 15.3. The van der Waals surface area contributed by atoms with Crippen molar-refractivity contribution < 1.29 is 42.1 Å². The van der Waals surface area contributed by atoms with Gasteiger partial charge in [-0.2, -0.15) is 8.78 Å². The van der Waals surface area contributed by atoms with E-state index in [1.54, 1.807) is 6.92 Å². The van der Waals surface area contributed by atoms with E-state index in [0.29, 0.717) is 16.8 Å². The molecule has 0 aliphatic carbocycles. The topological polar surface area (TPSA) is 100 Å². The zero-order valence-corrected chi connectivity index (χ0v) is 17.3. The highest BCUT2D eigenvalue weighted by Gasteiger charge is 2.11. The number of hydrogen-bond donors (Lipinski definition) is 1. The minimum Gasteiger partial charge on any atom is -0.493 e. The SMILES string of the molecule is CCOC(=O)c1ccc(NC(=O)COC(=O)/C=C/c2ccc(OC(F)F)c(OC)c2)cc1. The van der Waals surface area contributed by atoms with Gasteiger partial charge in [-0.15, -0.1) is 0 Å². The van der Waals surface area contributed by atoms with Crippen LogP contribution in [0.5, 0.6) is 11.5 Å². The van der Waals surface area contributed by atoms with Crippen molar-refractivity contribution >= 4 is 29.6 Å². The number of ether oxygens (including phenoxy) is 4. The third kappa shape index (κ3) is 7.71. The van der Waals surface area contributed by atoms with Gasteiger partial charge in [0.25, 0.3) is 5.91 Å². The first kappa shape index (κ1) is 24.3. The Bertz CT molecular complexity index is 975. The zero-order chi connectivity index (χ0) is 23.5. The third-order valence-electron chi connectivity index (χ3n) is 3.84. The monoisotopic (exact) mass is 449 g/mol. The minimum absolute atomic E-state index is 0.0640. The molecular weight excluding hydrogens is 428 g/mol. The van der Waals surface area contributed by atoms with Crippen LogP contribution in [0.3, 0.4) is 0 Å². The molecule has 0 aliphatic heterocycles. The van der Waals surface area contributed by atoms with E-state index in [4.69, 9.17) is 14.2 Å². The van der Waals surface area contributed by atoms with Gasteiger partial charge in [0.1, 0.15) is 0 Å². The van der Waals surface area contributed by atoms with Crippen molar-refractivity contribution in [2.75, 3.05) is 25.6 Å². The molecule has 0 saturated carbocycles. The van der Waals surface area contributed by atoms with Gasteiger partial charge in [-0.1, -0.05) is 6.07 Å². The van der Waals surface area contributed by atoms with E-state index in [0.717, 1.165) is 6.08 Å².